The zero-order valence-electron chi connectivity index (χ0n) is 14.0. The summed E-state index contributed by atoms with van der Waals surface area (Å²) in [7, 11) is 5.97. The summed E-state index contributed by atoms with van der Waals surface area (Å²) in [6.45, 7) is 6.66. The summed E-state index contributed by atoms with van der Waals surface area (Å²) in [5.74, 6) is 0. The Labute approximate surface area is 129 Å². The molecule has 1 rings (SSSR count). The van der Waals surface area contributed by atoms with Gasteiger partial charge in [0.05, 0.1) is 6.61 Å². The summed E-state index contributed by atoms with van der Waals surface area (Å²) in [6.07, 6.45) is 1.16. The normalized spacial score (nSPS) is 13.1. The molecule has 0 aliphatic rings. The minimum Gasteiger partial charge on any atom is -0.380 e. The predicted octanol–water partition coefficient (Wildman–Crippen LogP) is 2.11. The Morgan fingerprint density at radius 3 is 2.48 bits per heavy atom. The summed E-state index contributed by atoms with van der Waals surface area (Å²) < 4.78 is 5.32. The molecule has 120 valence electrons. The highest BCUT2D eigenvalue weighted by atomic mass is 16.5. The lowest BCUT2D eigenvalue weighted by Crippen LogP contribution is -2.36. The first-order valence-corrected chi connectivity index (χ1v) is 7.79. The van der Waals surface area contributed by atoms with Gasteiger partial charge >= 0.3 is 0 Å². The Balaban J connectivity index is 2.83. The Morgan fingerprint density at radius 2 is 1.90 bits per heavy atom. The quantitative estimate of drug-likeness (QED) is 0.717. The van der Waals surface area contributed by atoms with Gasteiger partial charge in [0, 0.05) is 26.2 Å². The Bertz CT molecular complexity index is 395. The molecule has 0 aliphatic carbocycles. The second-order valence-corrected chi connectivity index (χ2v) is 5.67. The summed E-state index contributed by atoms with van der Waals surface area (Å²) in [5, 5.41) is 0. The van der Waals surface area contributed by atoms with Crippen LogP contribution in [-0.2, 0) is 11.3 Å². The third kappa shape index (κ3) is 5.75. The number of nitrogens with two attached hydrogens (primary N) is 1. The van der Waals surface area contributed by atoms with Crippen molar-refractivity contribution >= 4 is 0 Å². The largest absolute Gasteiger partial charge is 0.380 e. The Kier molecular flexibility index (Phi) is 8.54. The second kappa shape index (κ2) is 9.90. The van der Waals surface area contributed by atoms with Crippen LogP contribution in [0.1, 0.15) is 30.5 Å². The van der Waals surface area contributed by atoms with Gasteiger partial charge in [-0.3, -0.25) is 4.90 Å². The summed E-state index contributed by atoms with van der Waals surface area (Å²) >= 11 is 0. The highest BCUT2D eigenvalue weighted by Crippen LogP contribution is 2.24. The van der Waals surface area contributed by atoms with Crippen molar-refractivity contribution in [3.8, 4) is 0 Å². The monoisotopic (exact) mass is 293 g/mol. The molecule has 0 heterocycles. The van der Waals surface area contributed by atoms with E-state index in [-0.39, 0.29) is 6.04 Å². The van der Waals surface area contributed by atoms with Gasteiger partial charge in [-0.15, -0.1) is 0 Å². The van der Waals surface area contributed by atoms with Crippen molar-refractivity contribution in [1.82, 2.24) is 9.80 Å². The van der Waals surface area contributed by atoms with Crippen molar-refractivity contribution in [2.75, 3.05) is 47.4 Å². The van der Waals surface area contributed by atoms with E-state index in [1.54, 1.807) is 7.11 Å². The standard InChI is InChI=1S/C17H31N3O/c1-5-20(12-8-11-19(2)3)17(13-18)16-10-7-6-9-15(16)14-21-4/h6-7,9-10,17H,5,8,11-14,18H2,1-4H3. The fourth-order valence-electron chi connectivity index (χ4n) is 2.74. The summed E-state index contributed by atoms with van der Waals surface area (Å²) in [6, 6.07) is 8.73. The molecule has 1 aromatic carbocycles. The fraction of sp³-hybridized carbons (Fsp3) is 0.647. The highest BCUT2D eigenvalue weighted by Gasteiger charge is 2.19. The van der Waals surface area contributed by atoms with Gasteiger partial charge in [0.15, 0.2) is 0 Å². The number of benzene rings is 1. The van der Waals surface area contributed by atoms with Gasteiger partial charge in [-0.2, -0.15) is 0 Å². The number of ether oxygens (including phenoxy) is 1. The highest BCUT2D eigenvalue weighted by molar-refractivity contribution is 5.30. The van der Waals surface area contributed by atoms with E-state index in [4.69, 9.17) is 10.5 Å². The molecule has 4 heteroatoms. The first-order valence-electron chi connectivity index (χ1n) is 7.79. The lowest BCUT2D eigenvalue weighted by molar-refractivity contribution is 0.174. The first-order chi connectivity index (χ1) is 10.1. The number of rotatable bonds is 10. The van der Waals surface area contributed by atoms with Gasteiger partial charge in [0.1, 0.15) is 0 Å². The number of hydrogen-bond acceptors (Lipinski definition) is 4. The molecular formula is C17H31N3O. The smallest absolute Gasteiger partial charge is 0.0716 e. The third-order valence-corrected chi connectivity index (χ3v) is 3.83. The van der Waals surface area contributed by atoms with E-state index in [1.165, 1.54) is 11.1 Å². The van der Waals surface area contributed by atoms with Crippen LogP contribution in [-0.4, -0.2) is 57.2 Å². The van der Waals surface area contributed by atoms with Gasteiger partial charge in [0.25, 0.3) is 0 Å². The molecule has 0 aromatic heterocycles. The molecule has 1 unspecified atom stereocenters. The van der Waals surface area contributed by atoms with Crippen molar-refractivity contribution in [2.24, 2.45) is 5.73 Å². The van der Waals surface area contributed by atoms with Crippen LogP contribution in [0.4, 0.5) is 0 Å². The van der Waals surface area contributed by atoms with Crippen molar-refractivity contribution in [2.45, 2.75) is 26.0 Å². The zero-order chi connectivity index (χ0) is 15.7. The molecule has 0 bridgehead atoms. The van der Waals surface area contributed by atoms with Crippen LogP contribution in [0.2, 0.25) is 0 Å². The maximum Gasteiger partial charge on any atom is 0.0716 e. The maximum atomic E-state index is 6.08. The van der Waals surface area contributed by atoms with E-state index in [0.717, 1.165) is 26.1 Å². The molecule has 0 amide bonds. The third-order valence-electron chi connectivity index (χ3n) is 3.83. The van der Waals surface area contributed by atoms with Gasteiger partial charge in [-0.25, -0.2) is 0 Å². The number of likely N-dealkylation sites (N-methyl/N-ethyl adjacent to an activating group) is 1. The molecule has 0 fully saturated rings. The van der Waals surface area contributed by atoms with Crippen LogP contribution in [0.5, 0.6) is 0 Å². The van der Waals surface area contributed by atoms with Crippen LogP contribution in [0.3, 0.4) is 0 Å². The topological polar surface area (TPSA) is 41.7 Å². The molecule has 1 atom stereocenters. The molecule has 2 N–H and O–H groups in total. The molecule has 0 aliphatic heterocycles. The molecule has 21 heavy (non-hydrogen) atoms. The SMILES string of the molecule is CCN(CCCN(C)C)C(CN)c1ccccc1COC. The molecule has 0 spiro atoms. The second-order valence-electron chi connectivity index (χ2n) is 5.67. The Hall–Kier alpha value is -0.940. The molecular weight excluding hydrogens is 262 g/mol. The van der Waals surface area contributed by atoms with E-state index in [1.807, 2.05) is 0 Å². The van der Waals surface area contributed by atoms with Gasteiger partial charge in [0.2, 0.25) is 0 Å². The van der Waals surface area contributed by atoms with Gasteiger partial charge < -0.3 is 15.4 Å². The lowest BCUT2D eigenvalue weighted by Gasteiger charge is -2.32. The van der Waals surface area contributed by atoms with Crippen LogP contribution in [0.15, 0.2) is 24.3 Å². The molecule has 1 aromatic rings. The van der Waals surface area contributed by atoms with Crippen LogP contribution >= 0.6 is 0 Å². The summed E-state index contributed by atoms with van der Waals surface area (Å²) in [4.78, 5) is 4.70. The predicted molar refractivity (Wildman–Crippen MR) is 89.4 cm³/mol. The van der Waals surface area contributed by atoms with Crippen molar-refractivity contribution in [3.63, 3.8) is 0 Å². The number of hydrogen-bond donors (Lipinski definition) is 1. The lowest BCUT2D eigenvalue weighted by atomic mass is 9.99. The van der Waals surface area contributed by atoms with Crippen LogP contribution < -0.4 is 5.73 Å². The molecule has 0 saturated carbocycles. The van der Waals surface area contributed by atoms with Crippen molar-refractivity contribution < 1.29 is 4.74 Å². The van der Waals surface area contributed by atoms with E-state index < -0.39 is 0 Å². The molecule has 4 nitrogen and oxygen atoms in total. The van der Waals surface area contributed by atoms with Crippen molar-refractivity contribution in [3.05, 3.63) is 35.4 Å². The molecule has 0 saturated heterocycles. The van der Waals surface area contributed by atoms with Crippen LogP contribution in [0, 0.1) is 0 Å². The average molecular weight is 293 g/mol. The van der Waals surface area contributed by atoms with Crippen LogP contribution in [0.25, 0.3) is 0 Å². The maximum absolute atomic E-state index is 6.08. The number of nitrogens with zero attached hydrogens (tertiary/aromatic N) is 2. The minimum absolute atomic E-state index is 0.267. The minimum atomic E-state index is 0.267. The van der Waals surface area contributed by atoms with E-state index >= 15 is 0 Å². The summed E-state index contributed by atoms with van der Waals surface area (Å²) in [5.41, 5.74) is 8.62. The Morgan fingerprint density at radius 1 is 1.19 bits per heavy atom. The van der Waals surface area contributed by atoms with E-state index in [0.29, 0.717) is 13.2 Å². The van der Waals surface area contributed by atoms with Crippen molar-refractivity contribution in [1.29, 1.82) is 0 Å². The van der Waals surface area contributed by atoms with E-state index in [2.05, 4.69) is 55.1 Å². The average Bonchev–Trinajstić information content (AvgIpc) is 2.48. The van der Waals surface area contributed by atoms with Gasteiger partial charge in [-0.1, -0.05) is 31.2 Å². The number of methoxy groups -OCH3 is 1. The first kappa shape index (κ1) is 18.1. The molecule has 0 radical (unpaired) electrons. The zero-order valence-corrected chi connectivity index (χ0v) is 14.0. The van der Waals surface area contributed by atoms with E-state index in [9.17, 15) is 0 Å². The van der Waals surface area contributed by atoms with Gasteiger partial charge in [-0.05, 0) is 44.7 Å². The fourth-order valence-corrected chi connectivity index (χ4v) is 2.74.